The first-order valence-corrected chi connectivity index (χ1v) is 28.8. The molecule has 1 saturated carbocycles. The molecular formula is C54H101O12P. The first-order chi connectivity index (χ1) is 32.5. The van der Waals surface area contributed by atoms with Crippen molar-refractivity contribution < 1.29 is 58.3 Å². The molecule has 67 heavy (non-hydrogen) atoms. The van der Waals surface area contributed by atoms with E-state index in [9.17, 15) is 39.8 Å². The smallest absolute Gasteiger partial charge is 0.457 e. The molecule has 1 fully saturated rings. The summed E-state index contributed by atoms with van der Waals surface area (Å²) in [7, 11) is -5.03. The van der Waals surface area contributed by atoms with Gasteiger partial charge in [-0.25, -0.2) is 4.57 Å². The van der Waals surface area contributed by atoms with Gasteiger partial charge in [-0.15, -0.1) is 0 Å². The van der Waals surface area contributed by atoms with Gasteiger partial charge in [0.1, 0.15) is 42.7 Å². The first kappa shape index (κ1) is 63.6. The third-order valence-corrected chi connectivity index (χ3v) is 13.8. The summed E-state index contributed by atoms with van der Waals surface area (Å²) in [5, 5.41) is 50.4. The maximum atomic E-state index is 12.9. The summed E-state index contributed by atoms with van der Waals surface area (Å²) in [5.74, 6) is -0.483. The van der Waals surface area contributed by atoms with E-state index in [0.29, 0.717) is 13.0 Å². The number of esters is 1. The van der Waals surface area contributed by atoms with E-state index in [2.05, 4.69) is 50.3 Å². The third-order valence-electron chi connectivity index (χ3n) is 12.8. The maximum absolute atomic E-state index is 12.9. The summed E-state index contributed by atoms with van der Waals surface area (Å²) < 4.78 is 34.3. The largest absolute Gasteiger partial charge is 0.472 e. The number of hydrogen-bond donors (Lipinski definition) is 6. The summed E-state index contributed by atoms with van der Waals surface area (Å²) in [6, 6.07) is 0. The van der Waals surface area contributed by atoms with Gasteiger partial charge in [-0.05, 0) is 44.9 Å². The molecule has 13 heteroatoms. The fraction of sp³-hybridized carbons (Fsp3) is 0.870. The summed E-state index contributed by atoms with van der Waals surface area (Å²) in [6.07, 6.45) is 42.2. The molecule has 0 bridgehead atoms. The van der Waals surface area contributed by atoms with Gasteiger partial charge in [0.15, 0.2) is 0 Å². The standard InChI is InChI=1S/C54H101O12P/c1-3-5-7-9-11-13-15-17-19-21-22-23-24-25-26-28-30-32-34-36-38-40-42-44-63-45-47(46-64-67(61,62)66-54-52(59)50(57)49(56)51(58)53(54)60)65-48(55)43-41-39-37-35-33-31-29-27-20-18-16-14-12-10-8-6-4-2/h6,8,12,14,18,20,47,49-54,56-60H,3-5,7,9-11,13,15-17,19,21-46H2,1-2H3,(H,61,62)/b8-6-,14-12-,20-18-. The zero-order valence-corrected chi connectivity index (χ0v) is 43.4. The van der Waals surface area contributed by atoms with Crippen molar-refractivity contribution in [1.29, 1.82) is 0 Å². The van der Waals surface area contributed by atoms with Crippen molar-refractivity contribution in [2.45, 2.75) is 281 Å². The van der Waals surface area contributed by atoms with Crippen LogP contribution in [-0.2, 0) is 27.9 Å². The SMILES string of the molecule is CC/C=C\C/C=C\C/C=C\CCCCCCCCCC(=O)OC(COCCCCCCCCCCCCCCCCCCCCCCCCC)COP(=O)(O)OC1C(O)C(O)C(O)C(O)C1O. The van der Waals surface area contributed by atoms with E-state index in [1.807, 2.05) is 0 Å². The molecule has 6 unspecified atom stereocenters. The zero-order chi connectivity index (χ0) is 49.1. The molecule has 0 saturated heterocycles. The predicted molar refractivity (Wildman–Crippen MR) is 272 cm³/mol. The van der Waals surface area contributed by atoms with Gasteiger partial charge in [0, 0.05) is 13.0 Å². The summed E-state index contributed by atoms with van der Waals surface area (Å²) in [5.41, 5.74) is 0. The van der Waals surface area contributed by atoms with Crippen LogP contribution in [0.5, 0.6) is 0 Å². The van der Waals surface area contributed by atoms with Crippen LogP contribution in [-0.4, -0.2) is 98.9 Å². The number of aliphatic hydroxyl groups is 5. The molecule has 394 valence electrons. The molecule has 0 spiro atoms. The summed E-state index contributed by atoms with van der Waals surface area (Å²) >= 11 is 0. The molecule has 6 atom stereocenters. The molecule has 0 aromatic carbocycles. The molecule has 0 radical (unpaired) electrons. The normalized spacial score (nSPS) is 21.5. The van der Waals surface area contributed by atoms with Gasteiger partial charge in [-0.3, -0.25) is 13.8 Å². The number of rotatable bonds is 47. The van der Waals surface area contributed by atoms with E-state index in [4.69, 9.17) is 18.5 Å². The minimum absolute atomic E-state index is 0.0775. The van der Waals surface area contributed by atoms with Crippen molar-refractivity contribution in [3.8, 4) is 0 Å². The van der Waals surface area contributed by atoms with Gasteiger partial charge in [-0.1, -0.05) is 224 Å². The predicted octanol–water partition coefficient (Wildman–Crippen LogP) is 12.6. The Kier molecular flexibility index (Phi) is 42.2. The number of ether oxygens (including phenoxy) is 2. The molecule has 0 heterocycles. The number of carbonyl (C=O) groups is 1. The number of aliphatic hydroxyl groups excluding tert-OH is 5. The number of unbranched alkanes of at least 4 members (excludes halogenated alkanes) is 29. The lowest BCUT2D eigenvalue weighted by molar-refractivity contribution is -0.220. The third kappa shape index (κ3) is 36.2. The lowest BCUT2D eigenvalue weighted by Crippen LogP contribution is -2.64. The van der Waals surface area contributed by atoms with Crippen molar-refractivity contribution in [3.05, 3.63) is 36.5 Å². The zero-order valence-electron chi connectivity index (χ0n) is 42.5. The Balaban J connectivity index is 2.29. The van der Waals surface area contributed by atoms with Crippen LogP contribution in [0.1, 0.15) is 239 Å². The highest BCUT2D eigenvalue weighted by Crippen LogP contribution is 2.47. The molecule has 1 aliphatic rings. The van der Waals surface area contributed by atoms with Gasteiger partial charge in [0.05, 0.1) is 13.2 Å². The number of carbonyl (C=O) groups excluding carboxylic acids is 1. The molecule has 0 aromatic heterocycles. The average molecular weight is 973 g/mol. The van der Waals surface area contributed by atoms with Crippen LogP contribution in [0.15, 0.2) is 36.5 Å². The minimum Gasteiger partial charge on any atom is -0.457 e. The summed E-state index contributed by atoms with van der Waals surface area (Å²) in [4.78, 5) is 23.3. The lowest BCUT2D eigenvalue weighted by atomic mass is 9.85. The lowest BCUT2D eigenvalue weighted by Gasteiger charge is -2.41. The maximum Gasteiger partial charge on any atom is 0.472 e. The molecule has 0 amide bonds. The van der Waals surface area contributed by atoms with Gasteiger partial charge in [0.25, 0.3) is 0 Å². The van der Waals surface area contributed by atoms with E-state index < -0.39 is 63.1 Å². The highest BCUT2D eigenvalue weighted by atomic mass is 31.2. The van der Waals surface area contributed by atoms with Crippen molar-refractivity contribution in [2.75, 3.05) is 19.8 Å². The van der Waals surface area contributed by atoms with Crippen molar-refractivity contribution in [3.63, 3.8) is 0 Å². The van der Waals surface area contributed by atoms with Crippen LogP contribution in [0.3, 0.4) is 0 Å². The highest BCUT2D eigenvalue weighted by Gasteiger charge is 2.51. The van der Waals surface area contributed by atoms with Crippen LogP contribution in [0.2, 0.25) is 0 Å². The molecule has 12 nitrogen and oxygen atoms in total. The van der Waals surface area contributed by atoms with E-state index in [-0.39, 0.29) is 13.0 Å². The van der Waals surface area contributed by atoms with Crippen LogP contribution < -0.4 is 0 Å². The average Bonchev–Trinajstić information content (AvgIpc) is 3.31. The Bertz CT molecular complexity index is 1250. The Morgan fingerprint density at radius 2 is 0.881 bits per heavy atom. The number of allylic oxidation sites excluding steroid dienone is 6. The van der Waals surface area contributed by atoms with Gasteiger partial charge in [0.2, 0.25) is 0 Å². The highest BCUT2D eigenvalue weighted by molar-refractivity contribution is 7.47. The first-order valence-electron chi connectivity index (χ1n) is 27.3. The second-order valence-corrected chi connectivity index (χ2v) is 20.5. The second kappa shape index (κ2) is 44.5. The van der Waals surface area contributed by atoms with E-state index in [1.54, 1.807) is 0 Å². The van der Waals surface area contributed by atoms with E-state index in [0.717, 1.165) is 77.0 Å². The number of phosphoric ester groups is 1. The molecule has 1 rings (SSSR count). The topological polar surface area (TPSA) is 192 Å². The number of hydrogen-bond acceptors (Lipinski definition) is 11. The molecule has 0 aliphatic heterocycles. The Hall–Kier alpha value is -1.44. The quantitative estimate of drug-likeness (QED) is 0.0147. The minimum atomic E-state index is -5.03. The fourth-order valence-corrected chi connectivity index (χ4v) is 9.46. The van der Waals surface area contributed by atoms with Crippen molar-refractivity contribution in [1.82, 2.24) is 0 Å². The Labute approximate surface area is 408 Å². The Morgan fingerprint density at radius 3 is 1.34 bits per heavy atom. The monoisotopic (exact) mass is 973 g/mol. The molecular weight excluding hydrogens is 872 g/mol. The fourth-order valence-electron chi connectivity index (χ4n) is 8.49. The number of phosphoric acid groups is 1. The van der Waals surface area contributed by atoms with Crippen LogP contribution in [0.25, 0.3) is 0 Å². The van der Waals surface area contributed by atoms with Crippen molar-refractivity contribution >= 4 is 13.8 Å². The molecule has 1 aliphatic carbocycles. The van der Waals surface area contributed by atoms with Crippen molar-refractivity contribution in [2.24, 2.45) is 0 Å². The summed E-state index contributed by atoms with van der Waals surface area (Å²) in [6.45, 7) is 4.18. The molecule has 6 N–H and O–H groups in total. The van der Waals surface area contributed by atoms with E-state index in [1.165, 1.54) is 135 Å². The van der Waals surface area contributed by atoms with Crippen LogP contribution in [0, 0.1) is 0 Å². The van der Waals surface area contributed by atoms with Gasteiger partial charge < -0.3 is 39.9 Å². The molecule has 0 aromatic rings. The second-order valence-electron chi connectivity index (χ2n) is 19.1. The Morgan fingerprint density at radius 1 is 0.493 bits per heavy atom. The van der Waals surface area contributed by atoms with Gasteiger partial charge >= 0.3 is 13.8 Å². The van der Waals surface area contributed by atoms with Gasteiger partial charge in [-0.2, -0.15) is 0 Å². The van der Waals surface area contributed by atoms with Crippen LogP contribution >= 0.6 is 7.82 Å². The van der Waals surface area contributed by atoms with Crippen LogP contribution in [0.4, 0.5) is 0 Å². The van der Waals surface area contributed by atoms with E-state index >= 15 is 0 Å².